The maximum atomic E-state index is 5.30. The summed E-state index contributed by atoms with van der Waals surface area (Å²) in [4.78, 5) is 15.7. The number of benzene rings is 9. The number of aromatic nitrogens is 5. The summed E-state index contributed by atoms with van der Waals surface area (Å²) in [6.07, 6.45) is 0. The lowest BCUT2D eigenvalue weighted by Crippen LogP contribution is -2.18. The Balaban J connectivity index is 1.13. The molecule has 294 valence electrons. The summed E-state index contributed by atoms with van der Waals surface area (Å²) < 4.78 is 5.07. The van der Waals surface area contributed by atoms with Gasteiger partial charge < -0.3 is 8.97 Å². The van der Waals surface area contributed by atoms with Gasteiger partial charge in [0.25, 0.3) is 0 Å². The summed E-state index contributed by atoms with van der Waals surface area (Å²) in [6, 6.07) is 68.0. The van der Waals surface area contributed by atoms with Crippen LogP contribution in [-0.4, -0.2) is 23.9 Å². The van der Waals surface area contributed by atoms with Gasteiger partial charge in [-0.2, -0.15) is 0 Å². The standard InChI is InChI=1S/C58H37N5/c1-58(2)46-26-13-11-23-42(46)51-43(57-60-55(35-17-5-3-6-18-35)59-56(61-57)36-19-7-4-8-20-36)30-31-48(52(51)58)63-50-33-49-44(32-45(50)41-29-28-34-16-9-10-21-37(34)53(41)63)40-25-15-24-39-38-22-12-14-27-47(38)62(49)54(39)40/h3-33H,1-2H3. The van der Waals surface area contributed by atoms with Crippen molar-refractivity contribution in [3.8, 4) is 51.0 Å². The third-order valence-corrected chi connectivity index (χ3v) is 13.9. The molecule has 4 aromatic heterocycles. The largest absolute Gasteiger partial charge is 0.308 e. The van der Waals surface area contributed by atoms with Gasteiger partial charge in [0.15, 0.2) is 17.5 Å². The third-order valence-electron chi connectivity index (χ3n) is 13.9. The topological polar surface area (TPSA) is 48.0 Å². The molecule has 0 saturated heterocycles. The molecule has 4 heterocycles. The first kappa shape index (κ1) is 34.6. The second kappa shape index (κ2) is 12.5. The third kappa shape index (κ3) is 4.63. The number of rotatable bonds is 4. The fourth-order valence-electron chi connectivity index (χ4n) is 11.1. The van der Waals surface area contributed by atoms with Crippen molar-refractivity contribution < 1.29 is 0 Å². The molecule has 0 atom stereocenters. The van der Waals surface area contributed by atoms with Crippen molar-refractivity contribution in [1.29, 1.82) is 0 Å². The summed E-state index contributed by atoms with van der Waals surface area (Å²) in [6.45, 7) is 4.76. The van der Waals surface area contributed by atoms with Gasteiger partial charge in [0.2, 0.25) is 0 Å². The Hall–Kier alpha value is -8.15. The van der Waals surface area contributed by atoms with Crippen LogP contribution in [-0.2, 0) is 5.41 Å². The zero-order valence-electron chi connectivity index (χ0n) is 34.6. The number of fused-ring (bicyclic) bond motifs is 14. The minimum atomic E-state index is -0.363. The van der Waals surface area contributed by atoms with Crippen LogP contribution in [0.5, 0.6) is 0 Å². The number of nitrogens with zero attached hydrogens (tertiary/aromatic N) is 5. The lowest BCUT2D eigenvalue weighted by atomic mass is 9.81. The molecule has 1 aliphatic rings. The summed E-state index contributed by atoms with van der Waals surface area (Å²) in [5.41, 5.74) is 14.7. The fourth-order valence-corrected chi connectivity index (χ4v) is 11.1. The van der Waals surface area contributed by atoms with Crippen molar-refractivity contribution >= 4 is 70.7 Å². The lowest BCUT2D eigenvalue weighted by molar-refractivity contribution is 0.657. The molecular formula is C58H37N5. The molecule has 0 radical (unpaired) electrons. The van der Waals surface area contributed by atoms with E-state index in [1.807, 2.05) is 36.4 Å². The van der Waals surface area contributed by atoms with E-state index < -0.39 is 0 Å². The summed E-state index contributed by atoms with van der Waals surface area (Å²) >= 11 is 0. The predicted molar refractivity (Wildman–Crippen MR) is 260 cm³/mol. The zero-order chi connectivity index (χ0) is 41.6. The van der Waals surface area contributed by atoms with Gasteiger partial charge in [0.05, 0.1) is 33.3 Å². The molecule has 9 aromatic carbocycles. The highest BCUT2D eigenvalue weighted by Gasteiger charge is 2.40. The molecule has 0 aliphatic heterocycles. The monoisotopic (exact) mass is 803 g/mol. The van der Waals surface area contributed by atoms with E-state index in [0.29, 0.717) is 17.5 Å². The number of hydrogen-bond acceptors (Lipinski definition) is 3. The molecule has 0 bridgehead atoms. The van der Waals surface area contributed by atoms with E-state index in [-0.39, 0.29) is 5.41 Å². The van der Waals surface area contributed by atoms with Crippen molar-refractivity contribution in [2.75, 3.05) is 0 Å². The van der Waals surface area contributed by atoms with Crippen LogP contribution >= 0.6 is 0 Å². The maximum Gasteiger partial charge on any atom is 0.164 e. The van der Waals surface area contributed by atoms with Crippen LogP contribution in [0.25, 0.3) is 122 Å². The van der Waals surface area contributed by atoms with E-state index in [4.69, 9.17) is 15.0 Å². The van der Waals surface area contributed by atoms with Crippen molar-refractivity contribution in [1.82, 2.24) is 23.9 Å². The van der Waals surface area contributed by atoms with Gasteiger partial charge in [-0.1, -0.05) is 172 Å². The second-order valence-corrected chi connectivity index (χ2v) is 17.6. The Morgan fingerprint density at radius 3 is 1.78 bits per heavy atom. The van der Waals surface area contributed by atoms with Gasteiger partial charge in [0.1, 0.15) is 0 Å². The average molecular weight is 804 g/mol. The SMILES string of the molecule is CC1(C)c2ccccc2-c2c(-c3nc(-c4ccccc4)nc(-c4ccccc4)n3)ccc(-n3c4cc5c(cc4c4ccc6ccccc6c43)c3cccc4c6ccccc6n5c43)c21. The first-order valence-electron chi connectivity index (χ1n) is 21.7. The highest BCUT2D eigenvalue weighted by molar-refractivity contribution is 6.27. The van der Waals surface area contributed by atoms with Crippen LogP contribution in [0.4, 0.5) is 0 Å². The van der Waals surface area contributed by atoms with Crippen molar-refractivity contribution in [2.45, 2.75) is 19.3 Å². The lowest BCUT2D eigenvalue weighted by Gasteiger charge is -2.26. The molecule has 13 aromatic rings. The average Bonchev–Trinajstić information content (AvgIpc) is 4.04. The Labute approximate surface area is 362 Å². The van der Waals surface area contributed by atoms with Gasteiger partial charge >= 0.3 is 0 Å². The minimum absolute atomic E-state index is 0.363. The smallest absolute Gasteiger partial charge is 0.164 e. The Morgan fingerprint density at radius 1 is 0.397 bits per heavy atom. The van der Waals surface area contributed by atoms with E-state index in [1.165, 1.54) is 92.9 Å². The van der Waals surface area contributed by atoms with Gasteiger partial charge in [-0.3, -0.25) is 0 Å². The molecule has 0 unspecified atom stereocenters. The van der Waals surface area contributed by atoms with Crippen LogP contribution in [0, 0.1) is 0 Å². The van der Waals surface area contributed by atoms with Crippen molar-refractivity contribution in [2.24, 2.45) is 0 Å². The molecule has 14 rings (SSSR count). The van der Waals surface area contributed by atoms with E-state index in [0.717, 1.165) is 22.4 Å². The van der Waals surface area contributed by atoms with Gasteiger partial charge in [-0.25, -0.2) is 15.0 Å². The quantitative estimate of drug-likeness (QED) is 0.178. The summed E-state index contributed by atoms with van der Waals surface area (Å²) in [7, 11) is 0. The van der Waals surface area contributed by atoms with Crippen molar-refractivity contribution in [3.63, 3.8) is 0 Å². The molecule has 5 heteroatoms. The van der Waals surface area contributed by atoms with E-state index in [9.17, 15) is 0 Å². The van der Waals surface area contributed by atoms with E-state index in [2.05, 4.69) is 174 Å². The number of hydrogen-bond donors (Lipinski definition) is 0. The molecule has 0 N–H and O–H groups in total. The normalized spacial score (nSPS) is 13.4. The van der Waals surface area contributed by atoms with E-state index >= 15 is 0 Å². The number of para-hydroxylation sites is 2. The molecule has 0 amide bonds. The molecule has 5 nitrogen and oxygen atoms in total. The Kier molecular flexibility index (Phi) is 6.84. The van der Waals surface area contributed by atoms with Crippen LogP contribution in [0.1, 0.15) is 25.0 Å². The first-order valence-corrected chi connectivity index (χ1v) is 21.7. The van der Waals surface area contributed by atoms with Crippen LogP contribution in [0.2, 0.25) is 0 Å². The molecule has 63 heavy (non-hydrogen) atoms. The highest BCUT2D eigenvalue weighted by atomic mass is 15.0. The van der Waals surface area contributed by atoms with Gasteiger partial charge in [0, 0.05) is 59.8 Å². The van der Waals surface area contributed by atoms with Crippen molar-refractivity contribution in [3.05, 3.63) is 199 Å². The Bertz CT molecular complexity index is 3990. The zero-order valence-corrected chi connectivity index (χ0v) is 34.6. The summed E-state index contributed by atoms with van der Waals surface area (Å²) in [5.74, 6) is 1.96. The molecule has 1 aliphatic carbocycles. The molecule has 0 spiro atoms. The second-order valence-electron chi connectivity index (χ2n) is 17.6. The predicted octanol–water partition coefficient (Wildman–Crippen LogP) is 14.6. The minimum Gasteiger partial charge on any atom is -0.308 e. The van der Waals surface area contributed by atoms with Crippen LogP contribution < -0.4 is 0 Å². The van der Waals surface area contributed by atoms with E-state index in [1.54, 1.807) is 0 Å². The highest BCUT2D eigenvalue weighted by Crippen LogP contribution is 2.55. The van der Waals surface area contributed by atoms with Crippen LogP contribution in [0.3, 0.4) is 0 Å². The van der Waals surface area contributed by atoms with Crippen LogP contribution in [0.15, 0.2) is 188 Å². The maximum absolute atomic E-state index is 5.30. The summed E-state index contributed by atoms with van der Waals surface area (Å²) in [5, 5.41) is 10.0. The van der Waals surface area contributed by atoms with Gasteiger partial charge in [-0.15, -0.1) is 0 Å². The molecule has 0 fully saturated rings. The molecular weight excluding hydrogens is 767 g/mol. The molecule has 0 saturated carbocycles. The Morgan fingerprint density at radius 2 is 1.00 bits per heavy atom. The fraction of sp³-hybridized carbons (Fsp3) is 0.0517. The first-order chi connectivity index (χ1) is 31.0. The van der Waals surface area contributed by atoms with Gasteiger partial charge in [-0.05, 0) is 58.0 Å².